The van der Waals surface area contributed by atoms with Crippen molar-refractivity contribution >= 4 is 39.1 Å². The van der Waals surface area contributed by atoms with E-state index in [1.807, 2.05) is 32.0 Å². The Balaban J connectivity index is 2.23. The van der Waals surface area contributed by atoms with Crippen molar-refractivity contribution in [1.82, 2.24) is 4.98 Å². The maximum absolute atomic E-state index is 12.3. The maximum Gasteiger partial charge on any atom is 0.275 e. The minimum absolute atomic E-state index is 0.138. The van der Waals surface area contributed by atoms with E-state index in [4.69, 9.17) is 16.3 Å². The van der Waals surface area contributed by atoms with Gasteiger partial charge in [0.2, 0.25) is 5.88 Å². The summed E-state index contributed by atoms with van der Waals surface area (Å²) in [6.07, 6.45) is 0. The Bertz CT molecular complexity index is 677. The third-order valence-corrected chi connectivity index (χ3v) is 3.92. The molecule has 0 fully saturated rings. The smallest absolute Gasteiger partial charge is 0.275 e. The third kappa shape index (κ3) is 3.95. The molecule has 0 radical (unpaired) electrons. The second kappa shape index (κ2) is 6.91. The summed E-state index contributed by atoms with van der Waals surface area (Å²) in [7, 11) is 0. The van der Waals surface area contributed by atoms with Crippen molar-refractivity contribution in [3.63, 3.8) is 0 Å². The van der Waals surface area contributed by atoms with Crippen LogP contribution in [0.3, 0.4) is 0 Å². The summed E-state index contributed by atoms with van der Waals surface area (Å²) in [5.74, 6) is -0.00515. The van der Waals surface area contributed by atoms with Crippen LogP contribution < -0.4 is 10.1 Å². The molecule has 0 bridgehead atoms. The highest BCUT2D eigenvalue weighted by molar-refractivity contribution is 9.10. The van der Waals surface area contributed by atoms with E-state index in [1.165, 1.54) is 0 Å². The summed E-state index contributed by atoms with van der Waals surface area (Å²) in [6.45, 7) is 4.29. The summed E-state index contributed by atoms with van der Waals surface area (Å²) >= 11 is 9.45. The van der Waals surface area contributed by atoms with Crippen LogP contribution in [0, 0.1) is 6.92 Å². The Morgan fingerprint density at radius 1 is 1.38 bits per heavy atom. The van der Waals surface area contributed by atoms with E-state index in [9.17, 15) is 4.79 Å². The fraction of sp³-hybridized carbons (Fsp3) is 0.200. The highest BCUT2D eigenvalue weighted by Crippen LogP contribution is 2.23. The quantitative estimate of drug-likeness (QED) is 0.866. The van der Waals surface area contributed by atoms with E-state index in [0.29, 0.717) is 18.2 Å². The molecule has 0 saturated heterocycles. The van der Waals surface area contributed by atoms with Crippen LogP contribution in [0.25, 0.3) is 0 Å². The molecule has 21 heavy (non-hydrogen) atoms. The molecule has 4 nitrogen and oxygen atoms in total. The molecule has 1 N–H and O–H groups in total. The van der Waals surface area contributed by atoms with Crippen molar-refractivity contribution in [3.05, 3.63) is 51.1 Å². The number of carbonyl (C=O) groups is 1. The van der Waals surface area contributed by atoms with Gasteiger partial charge in [-0.1, -0.05) is 33.6 Å². The van der Waals surface area contributed by atoms with Crippen LogP contribution in [0.5, 0.6) is 5.88 Å². The number of carbonyl (C=O) groups excluding carboxylic acids is 1. The molecule has 0 unspecified atom stereocenters. The molecule has 0 aliphatic rings. The van der Waals surface area contributed by atoms with Crippen LogP contribution in [0.4, 0.5) is 5.69 Å². The first kappa shape index (κ1) is 15.8. The molecule has 0 aliphatic carbocycles. The van der Waals surface area contributed by atoms with Gasteiger partial charge < -0.3 is 10.1 Å². The average molecular weight is 370 g/mol. The lowest BCUT2D eigenvalue weighted by Gasteiger charge is -2.09. The fourth-order valence-corrected chi connectivity index (χ4v) is 2.24. The highest BCUT2D eigenvalue weighted by Gasteiger charge is 2.14. The van der Waals surface area contributed by atoms with E-state index < -0.39 is 0 Å². The lowest BCUT2D eigenvalue weighted by Crippen LogP contribution is -2.15. The highest BCUT2D eigenvalue weighted by atomic mass is 79.9. The van der Waals surface area contributed by atoms with Gasteiger partial charge in [0.05, 0.1) is 11.6 Å². The van der Waals surface area contributed by atoms with Crippen LogP contribution in [-0.2, 0) is 0 Å². The van der Waals surface area contributed by atoms with Gasteiger partial charge in [-0.15, -0.1) is 0 Å². The van der Waals surface area contributed by atoms with Gasteiger partial charge in [0, 0.05) is 16.2 Å². The van der Waals surface area contributed by atoms with Gasteiger partial charge in [-0.05, 0) is 37.6 Å². The molecule has 1 heterocycles. The number of ether oxygens (including phenoxy) is 1. The summed E-state index contributed by atoms with van der Waals surface area (Å²) in [5, 5.41) is 3.04. The number of anilines is 1. The van der Waals surface area contributed by atoms with Crippen molar-refractivity contribution in [2.45, 2.75) is 13.8 Å². The van der Waals surface area contributed by atoms with Crippen LogP contribution in [0.15, 0.2) is 34.8 Å². The second-order valence-electron chi connectivity index (χ2n) is 4.33. The molecule has 2 rings (SSSR count). The minimum Gasteiger partial charge on any atom is -0.478 e. The Labute approximate surface area is 136 Å². The number of halogens is 2. The van der Waals surface area contributed by atoms with Gasteiger partial charge in [-0.3, -0.25) is 4.79 Å². The molecule has 1 aromatic heterocycles. The van der Waals surface area contributed by atoms with Gasteiger partial charge in [0.1, 0.15) is 0 Å². The first-order chi connectivity index (χ1) is 10.0. The molecule has 1 amide bonds. The van der Waals surface area contributed by atoms with E-state index >= 15 is 0 Å². The summed E-state index contributed by atoms with van der Waals surface area (Å²) < 4.78 is 6.20. The van der Waals surface area contributed by atoms with Crippen LogP contribution >= 0.6 is 27.5 Å². The number of nitrogens with one attached hydrogen (secondary N) is 1. The molecular formula is C15H14BrClN2O2. The number of rotatable bonds is 4. The normalized spacial score (nSPS) is 10.3. The number of amides is 1. The number of aromatic nitrogens is 1. The molecular weight excluding hydrogens is 356 g/mol. The zero-order valence-electron chi connectivity index (χ0n) is 11.6. The molecule has 0 spiro atoms. The van der Waals surface area contributed by atoms with Crippen LogP contribution in [0.2, 0.25) is 5.02 Å². The number of benzene rings is 1. The number of pyridine rings is 1. The molecule has 1 aromatic carbocycles. The lowest BCUT2D eigenvalue weighted by atomic mass is 10.2. The van der Waals surface area contributed by atoms with Crippen LogP contribution in [-0.4, -0.2) is 17.5 Å². The maximum atomic E-state index is 12.3. The zero-order chi connectivity index (χ0) is 15.4. The molecule has 6 heteroatoms. The van der Waals surface area contributed by atoms with Crippen molar-refractivity contribution in [2.24, 2.45) is 0 Å². The number of hydrogen-bond acceptors (Lipinski definition) is 3. The van der Waals surface area contributed by atoms with E-state index in [1.54, 1.807) is 12.1 Å². The third-order valence-electron chi connectivity index (χ3n) is 2.76. The van der Waals surface area contributed by atoms with Crippen molar-refractivity contribution < 1.29 is 9.53 Å². The Morgan fingerprint density at radius 3 is 2.81 bits per heavy atom. The molecule has 0 saturated carbocycles. The first-order valence-electron chi connectivity index (χ1n) is 6.38. The Kier molecular flexibility index (Phi) is 5.20. The Morgan fingerprint density at radius 2 is 2.14 bits per heavy atom. The van der Waals surface area contributed by atoms with Crippen molar-refractivity contribution in [1.29, 1.82) is 0 Å². The first-order valence-corrected chi connectivity index (χ1v) is 7.55. The molecule has 0 atom stereocenters. The van der Waals surface area contributed by atoms with E-state index in [-0.39, 0.29) is 16.6 Å². The number of hydrogen-bond donors (Lipinski definition) is 1. The van der Waals surface area contributed by atoms with Gasteiger partial charge in [-0.25, -0.2) is 4.98 Å². The van der Waals surface area contributed by atoms with Crippen molar-refractivity contribution in [3.8, 4) is 5.88 Å². The number of nitrogens with zero attached hydrogens (tertiary/aromatic N) is 1. The topological polar surface area (TPSA) is 51.2 Å². The lowest BCUT2D eigenvalue weighted by molar-refractivity contribution is 0.102. The zero-order valence-corrected chi connectivity index (χ0v) is 14.0. The largest absolute Gasteiger partial charge is 0.478 e. The van der Waals surface area contributed by atoms with Crippen LogP contribution in [0.1, 0.15) is 23.0 Å². The van der Waals surface area contributed by atoms with E-state index in [2.05, 4.69) is 26.2 Å². The minimum atomic E-state index is -0.377. The SMILES string of the molecule is CCOc1ccc(Cl)c(C(=O)Nc2ccc(C)c(Br)c2)n1. The summed E-state index contributed by atoms with van der Waals surface area (Å²) in [4.78, 5) is 16.4. The second-order valence-corrected chi connectivity index (χ2v) is 5.59. The average Bonchev–Trinajstić information content (AvgIpc) is 2.45. The summed E-state index contributed by atoms with van der Waals surface area (Å²) in [6, 6.07) is 8.78. The molecule has 110 valence electrons. The van der Waals surface area contributed by atoms with Gasteiger partial charge in [0.25, 0.3) is 5.91 Å². The molecule has 2 aromatic rings. The van der Waals surface area contributed by atoms with Gasteiger partial charge in [-0.2, -0.15) is 0 Å². The standard InChI is InChI=1S/C15H14BrClN2O2/c1-3-21-13-7-6-12(17)14(19-13)15(20)18-10-5-4-9(2)11(16)8-10/h4-8H,3H2,1-2H3,(H,18,20). The van der Waals surface area contributed by atoms with Crippen molar-refractivity contribution in [2.75, 3.05) is 11.9 Å². The Hall–Kier alpha value is -1.59. The monoisotopic (exact) mass is 368 g/mol. The van der Waals surface area contributed by atoms with E-state index in [0.717, 1.165) is 10.0 Å². The predicted molar refractivity (Wildman–Crippen MR) is 87.2 cm³/mol. The van der Waals surface area contributed by atoms with Gasteiger partial charge >= 0.3 is 0 Å². The summed E-state index contributed by atoms with van der Waals surface area (Å²) in [5.41, 5.74) is 1.89. The molecule has 0 aliphatic heterocycles. The number of aryl methyl sites for hydroxylation is 1. The predicted octanol–water partition coefficient (Wildman–Crippen LogP) is 4.46. The fourth-order valence-electron chi connectivity index (χ4n) is 1.67. The van der Waals surface area contributed by atoms with Gasteiger partial charge in [0.15, 0.2) is 5.69 Å².